The van der Waals surface area contributed by atoms with Crippen molar-refractivity contribution in [2.75, 3.05) is 26.3 Å². The molecule has 0 radical (unpaired) electrons. The molecule has 0 heterocycles. The van der Waals surface area contributed by atoms with Gasteiger partial charge in [-0.05, 0) is 31.4 Å². The summed E-state index contributed by atoms with van der Waals surface area (Å²) in [6, 6.07) is 3.12. The van der Waals surface area contributed by atoms with Gasteiger partial charge in [-0.2, -0.15) is 0 Å². The standard InChI is InChI=1S/C14H20F2N2O2/c1-2-20-9-3-7-17-14(19)18-8-6-11-4-5-12(15)10-13(11)16/h4-5,10H,2-3,6-9H2,1H3,(H2,17,18,19). The summed E-state index contributed by atoms with van der Waals surface area (Å²) in [7, 11) is 0. The number of carbonyl (C=O) groups is 1. The van der Waals surface area contributed by atoms with Crippen molar-refractivity contribution < 1.29 is 18.3 Å². The van der Waals surface area contributed by atoms with Gasteiger partial charge in [0.15, 0.2) is 0 Å². The maximum Gasteiger partial charge on any atom is 0.314 e. The predicted octanol–water partition coefficient (Wildman–Crippen LogP) is 2.23. The number of amides is 2. The van der Waals surface area contributed by atoms with Crippen LogP contribution in [0.5, 0.6) is 0 Å². The molecule has 1 rings (SSSR count). The molecule has 0 aliphatic heterocycles. The molecule has 6 heteroatoms. The molecule has 0 aliphatic rings. The zero-order valence-electron chi connectivity index (χ0n) is 11.5. The lowest BCUT2D eigenvalue weighted by molar-refractivity contribution is 0.145. The minimum absolute atomic E-state index is 0.292. The normalized spacial score (nSPS) is 10.3. The summed E-state index contributed by atoms with van der Waals surface area (Å²) in [5.41, 5.74) is 0.378. The number of benzene rings is 1. The lowest BCUT2D eigenvalue weighted by Crippen LogP contribution is -2.37. The number of urea groups is 1. The first-order valence-corrected chi connectivity index (χ1v) is 6.67. The smallest absolute Gasteiger partial charge is 0.314 e. The van der Waals surface area contributed by atoms with E-state index in [1.807, 2.05) is 6.92 Å². The fraction of sp³-hybridized carbons (Fsp3) is 0.500. The Morgan fingerprint density at radius 1 is 1.25 bits per heavy atom. The summed E-state index contributed by atoms with van der Waals surface area (Å²) in [6.07, 6.45) is 1.06. The number of rotatable bonds is 8. The van der Waals surface area contributed by atoms with Gasteiger partial charge >= 0.3 is 6.03 Å². The highest BCUT2D eigenvalue weighted by atomic mass is 19.1. The molecule has 2 N–H and O–H groups in total. The highest BCUT2D eigenvalue weighted by Crippen LogP contribution is 2.09. The van der Waals surface area contributed by atoms with E-state index in [1.165, 1.54) is 12.1 Å². The van der Waals surface area contributed by atoms with Crippen LogP contribution in [0.4, 0.5) is 13.6 Å². The number of carbonyl (C=O) groups excluding carboxylic acids is 1. The quantitative estimate of drug-likeness (QED) is 0.720. The van der Waals surface area contributed by atoms with E-state index < -0.39 is 11.6 Å². The van der Waals surface area contributed by atoms with Gasteiger partial charge in [-0.3, -0.25) is 0 Å². The number of nitrogens with one attached hydrogen (secondary N) is 2. The van der Waals surface area contributed by atoms with E-state index in [-0.39, 0.29) is 6.03 Å². The molecule has 0 saturated carbocycles. The van der Waals surface area contributed by atoms with Gasteiger partial charge < -0.3 is 15.4 Å². The van der Waals surface area contributed by atoms with Gasteiger partial charge in [-0.1, -0.05) is 6.07 Å². The first-order valence-electron chi connectivity index (χ1n) is 6.67. The first kappa shape index (κ1) is 16.4. The third-order valence-electron chi connectivity index (χ3n) is 2.65. The molecular formula is C14H20F2N2O2. The molecule has 4 nitrogen and oxygen atoms in total. The number of ether oxygens (including phenoxy) is 1. The summed E-state index contributed by atoms with van der Waals surface area (Å²) in [5, 5.41) is 5.28. The lowest BCUT2D eigenvalue weighted by atomic mass is 10.1. The maximum absolute atomic E-state index is 13.3. The topological polar surface area (TPSA) is 50.4 Å². The summed E-state index contributed by atoms with van der Waals surface area (Å²) in [6.45, 7) is 4.00. The molecule has 2 amide bonds. The van der Waals surface area contributed by atoms with Crippen LogP contribution >= 0.6 is 0 Å². The Hall–Kier alpha value is -1.69. The van der Waals surface area contributed by atoms with E-state index in [9.17, 15) is 13.6 Å². The summed E-state index contributed by atoms with van der Waals surface area (Å²) >= 11 is 0. The van der Waals surface area contributed by atoms with Crippen molar-refractivity contribution in [2.24, 2.45) is 0 Å². The molecule has 112 valence electrons. The highest BCUT2D eigenvalue weighted by molar-refractivity contribution is 5.73. The van der Waals surface area contributed by atoms with E-state index in [2.05, 4.69) is 10.6 Å². The third kappa shape index (κ3) is 6.47. The predicted molar refractivity (Wildman–Crippen MR) is 72.6 cm³/mol. The molecule has 0 bridgehead atoms. The summed E-state index contributed by atoms with van der Waals surface area (Å²) < 4.78 is 31.1. The summed E-state index contributed by atoms with van der Waals surface area (Å²) in [4.78, 5) is 11.4. The van der Waals surface area contributed by atoms with Crippen LogP contribution in [0.1, 0.15) is 18.9 Å². The van der Waals surface area contributed by atoms with Crippen LogP contribution in [0.15, 0.2) is 18.2 Å². The molecule has 1 aromatic rings. The van der Waals surface area contributed by atoms with Crippen LogP contribution in [0.25, 0.3) is 0 Å². The third-order valence-corrected chi connectivity index (χ3v) is 2.65. The molecule has 0 fully saturated rings. The minimum Gasteiger partial charge on any atom is -0.382 e. The van der Waals surface area contributed by atoms with E-state index in [4.69, 9.17) is 4.74 Å². The van der Waals surface area contributed by atoms with E-state index >= 15 is 0 Å². The molecule has 0 spiro atoms. The molecule has 20 heavy (non-hydrogen) atoms. The van der Waals surface area contributed by atoms with Crippen molar-refractivity contribution in [3.05, 3.63) is 35.4 Å². The van der Waals surface area contributed by atoms with Crippen LogP contribution in [0.3, 0.4) is 0 Å². The van der Waals surface area contributed by atoms with Crippen LogP contribution < -0.4 is 10.6 Å². The van der Waals surface area contributed by atoms with Crippen LogP contribution in [-0.2, 0) is 11.2 Å². The maximum atomic E-state index is 13.3. The Kier molecular flexibility index (Phi) is 7.57. The highest BCUT2D eigenvalue weighted by Gasteiger charge is 2.04. The number of hydrogen-bond acceptors (Lipinski definition) is 2. The Balaban J connectivity index is 2.15. The fourth-order valence-corrected chi connectivity index (χ4v) is 1.62. The summed E-state index contributed by atoms with van der Waals surface area (Å²) in [5.74, 6) is -1.20. The molecule has 1 aromatic carbocycles. The zero-order chi connectivity index (χ0) is 14.8. The van der Waals surface area contributed by atoms with Crippen molar-refractivity contribution in [3.8, 4) is 0 Å². The van der Waals surface area contributed by atoms with Crippen LogP contribution in [-0.4, -0.2) is 32.3 Å². The molecule has 0 aromatic heterocycles. The Bertz CT molecular complexity index is 428. The van der Waals surface area contributed by atoms with Crippen LogP contribution in [0, 0.1) is 11.6 Å². The largest absolute Gasteiger partial charge is 0.382 e. The van der Waals surface area contributed by atoms with E-state index in [0.29, 0.717) is 38.3 Å². The van der Waals surface area contributed by atoms with E-state index in [1.54, 1.807) is 0 Å². The van der Waals surface area contributed by atoms with Gasteiger partial charge in [-0.15, -0.1) is 0 Å². The second kappa shape index (κ2) is 9.25. The second-order valence-electron chi connectivity index (χ2n) is 4.22. The van der Waals surface area contributed by atoms with Gasteiger partial charge in [0.25, 0.3) is 0 Å². The van der Waals surface area contributed by atoms with E-state index in [0.717, 1.165) is 12.5 Å². The van der Waals surface area contributed by atoms with Crippen molar-refractivity contribution >= 4 is 6.03 Å². The number of hydrogen-bond donors (Lipinski definition) is 2. The Labute approximate surface area is 117 Å². The Morgan fingerprint density at radius 2 is 2.00 bits per heavy atom. The van der Waals surface area contributed by atoms with Crippen molar-refractivity contribution in [3.63, 3.8) is 0 Å². The second-order valence-corrected chi connectivity index (χ2v) is 4.22. The number of halogens is 2. The lowest BCUT2D eigenvalue weighted by Gasteiger charge is -2.08. The molecular weight excluding hydrogens is 266 g/mol. The monoisotopic (exact) mass is 286 g/mol. The molecule has 0 saturated heterocycles. The Morgan fingerprint density at radius 3 is 2.70 bits per heavy atom. The average Bonchev–Trinajstić information content (AvgIpc) is 2.41. The van der Waals surface area contributed by atoms with Crippen molar-refractivity contribution in [1.29, 1.82) is 0 Å². The first-order chi connectivity index (χ1) is 9.63. The van der Waals surface area contributed by atoms with Gasteiger partial charge in [0.05, 0.1) is 0 Å². The van der Waals surface area contributed by atoms with Crippen LogP contribution in [0.2, 0.25) is 0 Å². The minimum atomic E-state index is -0.605. The molecule has 0 aliphatic carbocycles. The average molecular weight is 286 g/mol. The SMILES string of the molecule is CCOCCCNC(=O)NCCc1ccc(F)cc1F. The molecule has 0 atom stereocenters. The van der Waals surface area contributed by atoms with Gasteiger partial charge in [0, 0.05) is 32.4 Å². The molecule has 0 unspecified atom stereocenters. The van der Waals surface area contributed by atoms with Gasteiger partial charge in [0.1, 0.15) is 11.6 Å². The van der Waals surface area contributed by atoms with Gasteiger partial charge in [-0.25, -0.2) is 13.6 Å². The van der Waals surface area contributed by atoms with Crippen molar-refractivity contribution in [1.82, 2.24) is 10.6 Å². The zero-order valence-corrected chi connectivity index (χ0v) is 11.5. The van der Waals surface area contributed by atoms with Gasteiger partial charge in [0.2, 0.25) is 0 Å². The fourth-order valence-electron chi connectivity index (χ4n) is 1.62. The van der Waals surface area contributed by atoms with Crippen molar-refractivity contribution in [2.45, 2.75) is 19.8 Å².